The third kappa shape index (κ3) is 3.94. The summed E-state index contributed by atoms with van der Waals surface area (Å²) in [6.07, 6.45) is 0. The number of nitrogens with one attached hydrogen (secondary N) is 2. The number of aromatic carboxylic acids is 1. The van der Waals surface area contributed by atoms with Gasteiger partial charge in [-0.3, -0.25) is 4.79 Å². The Hall–Kier alpha value is -2.11. The number of carbonyl (C=O) groups excluding carboxylic acids is 1. The number of nitrogens with zero attached hydrogens (tertiary/aromatic N) is 1. The van der Waals surface area contributed by atoms with Crippen molar-refractivity contribution in [2.24, 2.45) is 0 Å². The molecule has 0 aromatic carbocycles. The lowest BCUT2D eigenvalue weighted by Gasteiger charge is -2.15. The van der Waals surface area contributed by atoms with Crippen LogP contribution in [-0.4, -0.2) is 35.1 Å². The number of hydrogen-bond donors (Lipinski definition) is 3. The lowest BCUT2D eigenvalue weighted by atomic mass is 10.1. The Labute approximate surface area is 112 Å². The molecule has 0 spiro atoms. The Morgan fingerprint density at radius 1 is 1.26 bits per heavy atom. The lowest BCUT2D eigenvalue weighted by molar-refractivity contribution is -0.121. The molecule has 1 heterocycles. The van der Waals surface area contributed by atoms with Gasteiger partial charge < -0.3 is 15.7 Å². The van der Waals surface area contributed by atoms with Crippen LogP contribution in [-0.2, 0) is 4.79 Å². The summed E-state index contributed by atoms with van der Waals surface area (Å²) in [7, 11) is 1.54. The highest BCUT2D eigenvalue weighted by Gasteiger charge is 2.15. The van der Waals surface area contributed by atoms with E-state index in [2.05, 4.69) is 15.6 Å². The van der Waals surface area contributed by atoms with Gasteiger partial charge in [0.15, 0.2) is 0 Å². The Morgan fingerprint density at radius 2 is 1.89 bits per heavy atom. The Morgan fingerprint density at radius 3 is 2.37 bits per heavy atom. The van der Waals surface area contributed by atoms with Crippen molar-refractivity contribution in [2.45, 2.75) is 32.7 Å². The van der Waals surface area contributed by atoms with Gasteiger partial charge in [-0.15, -0.1) is 0 Å². The number of likely N-dealkylation sites (N-methyl/N-ethyl adjacent to an activating group) is 1. The summed E-state index contributed by atoms with van der Waals surface area (Å²) in [4.78, 5) is 26.8. The van der Waals surface area contributed by atoms with Gasteiger partial charge in [0.2, 0.25) is 5.91 Å². The number of amides is 1. The van der Waals surface area contributed by atoms with Crippen LogP contribution in [0.1, 0.15) is 42.7 Å². The summed E-state index contributed by atoms with van der Waals surface area (Å²) in [5.41, 5.74) is 0.830. The molecule has 19 heavy (non-hydrogen) atoms. The van der Waals surface area contributed by atoms with Crippen LogP contribution in [0.15, 0.2) is 12.1 Å². The minimum absolute atomic E-state index is 0.107. The number of rotatable bonds is 5. The fourth-order valence-corrected chi connectivity index (χ4v) is 1.55. The van der Waals surface area contributed by atoms with E-state index in [1.165, 1.54) is 6.07 Å². The van der Waals surface area contributed by atoms with Gasteiger partial charge in [-0.25, -0.2) is 9.78 Å². The summed E-state index contributed by atoms with van der Waals surface area (Å²) in [6.45, 7) is 5.54. The minimum Gasteiger partial charge on any atom is -0.478 e. The van der Waals surface area contributed by atoms with E-state index in [1.807, 2.05) is 13.8 Å². The average molecular weight is 265 g/mol. The van der Waals surface area contributed by atoms with E-state index in [0.717, 1.165) is 0 Å². The maximum atomic E-state index is 11.4. The fourth-order valence-electron chi connectivity index (χ4n) is 1.55. The van der Waals surface area contributed by atoms with Gasteiger partial charge in [0.25, 0.3) is 0 Å². The zero-order valence-electron chi connectivity index (χ0n) is 11.5. The molecule has 1 aromatic rings. The SMILES string of the molecule is CNC(=O)C(C)Nc1cc(C(=O)O)cc(C(C)C)n1. The lowest BCUT2D eigenvalue weighted by Crippen LogP contribution is -2.35. The average Bonchev–Trinajstić information content (AvgIpc) is 2.37. The molecule has 3 N–H and O–H groups in total. The van der Waals surface area contributed by atoms with Gasteiger partial charge in [0.05, 0.1) is 5.56 Å². The number of aromatic nitrogens is 1. The molecular weight excluding hydrogens is 246 g/mol. The number of carboxylic acids is 1. The van der Waals surface area contributed by atoms with Crippen LogP contribution in [0.4, 0.5) is 5.82 Å². The van der Waals surface area contributed by atoms with Gasteiger partial charge in [-0.05, 0) is 25.0 Å². The van der Waals surface area contributed by atoms with Gasteiger partial charge in [0, 0.05) is 12.7 Å². The normalized spacial score (nSPS) is 12.1. The van der Waals surface area contributed by atoms with Crippen molar-refractivity contribution in [3.05, 3.63) is 23.4 Å². The first-order valence-corrected chi connectivity index (χ1v) is 6.08. The summed E-state index contributed by atoms with van der Waals surface area (Å²) >= 11 is 0. The van der Waals surface area contributed by atoms with E-state index >= 15 is 0 Å². The Kier molecular flexibility index (Phi) is 4.86. The molecule has 1 amide bonds. The molecule has 0 aliphatic heterocycles. The van der Waals surface area contributed by atoms with Crippen molar-refractivity contribution in [3.63, 3.8) is 0 Å². The minimum atomic E-state index is -1.01. The Balaban J connectivity index is 3.06. The predicted molar refractivity (Wildman–Crippen MR) is 72.4 cm³/mol. The zero-order valence-corrected chi connectivity index (χ0v) is 11.5. The second-order valence-corrected chi connectivity index (χ2v) is 4.61. The fraction of sp³-hybridized carbons (Fsp3) is 0.462. The topological polar surface area (TPSA) is 91.3 Å². The van der Waals surface area contributed by atoms with Crippen molar-refractivity contribution < 1.29 is 14.7 Å². The van der Waals surface area contributed by atoms with Crippen LogP contribution in [0.5, 0.6) is 0 Å². The van der Waals surface area contributed by atoms with Crippen LogP contribution in [0.2, 0.25) is 0 Å². The molecule has 0 saturated heterocycles. The standard InChI is InChI=1S/C13H19N3O3/c1-7(2)10-5-9(13(18)19)6-11(16-10)15-8(3)12(17)14-4/h5-8H,1-4H3,(H,14,17)(H,15,16)(H,18,19). The molecule has 6 heteroatoms. The van der Waals surface area contributed by atoms with Crippen molar-refractivity contribution in [3.8, 4) is 0 Å². The van der Waals surface area contributed by atoms with Crippen LogP contribution < -0.4 is 10.6 Å². The van der Waals surface area contributed by atoms with Gasteiger partial charge >= 0.3 is 5.97 Å². The molecule has 1 rings (SSSR count). The summed E-state index contributed by atoms with van der Waals surface area (Å²) in [5.74, 6) is -0.705. The number of hydrogen-bond acceptors (Lipinski definition) is 4. The molecule has 0 radical (unpaired) electrons. The van der Waals surface area contributed by atoms with Crippen molar-refractivity contribution in [1.82, 2.24) is 10.3 Å². The molecule has 1 unspecified atom stereocenters. The highest BCUT2D eigenvalue weighted by molar-refractivity contribution is 5.89. The second-order valence-electron chi connectivity index (χ2n) is 4.61. The largest absolute Gasteiger partial charge is 0.478 e. The maximum Gasteiger partial charge on any atom is 0.335 e. The van der Waals surface area contributed by atoms with Crippen LogP contribution >= 0.6 is 0 Å². The Bertz CT molecular complexity index is 486. The molecule has 104 valence electrons. The van der Waals surface area contributed by atoms with E-state index < -0.39 is 12.0 Å². The van der Waals surface area contributed by atoms with Crippen molar-refractivity contribution in [2.75, 3.05) is 12.4 Å². The quantitative estimate of drug-likeness (QED) is 0.749. The molecule has 1 aromatic heterocycles. The third-order valence-electron chi connectivity index (χ3n) is 2.69. The first kappa shape index (κ1) is 14.9. The van der Waals surface area contributed by atoms with Gasteiger partial charge in [0.1, 0.15) is 11.9 Å². The van der Waals surface area contributed by atoms with E-state index in [9.17, 15) is 9.59 Å². The highest BCUT2D eigenvalue weighted by Crippen LogP contribution is 2.18. The molecule has 1 atom stereocenters. The van der Waals surface area contributed by atoms with Gasteiger partial charge in [-0.1, -0.05) is 13.8 Å². The smallest absolute Gasteiger partial charge is 0.335 e. The van der Waals surface area contributed by atoms with Crippen LogP contribution in [0.25, 0.3) is 0 Å². The van der Waals surface area contributed by atoms with Crippen LogP contribution in [0, 0.1) is 0 Å². The number of carbonyl (C=O) groups is 2. The number of anilines is 1. The number of carboxylic acid groups (broad SMARTS) is 1. The van der Waals surface area contributed by atoms with E-state index in [0.29, 0.717) is 11.5 Å². The molecule has 0 aliphatic rings. The second kappa shape index (κ2) is 6.17. The molecule has 0 fully saturated rings. The van der Waals surface area contributed by atoms with E-state index in [4.69, 9.17) is 5.11 Å². The highest BCUT2D eigenvalue weighted by atomic mass is 16.4. The summed E-state index contributed by atoms with van der Waals surface area (Å²) < 4.78 is 0. The molecular formula is C13H19N3O3. The van der Waals surface area contributed by atoms with Crippen LogP contribution in [0.3, 0.4) is 0 Å². The molecule has 0 saturated carbocycles. The van der Waals surface area contributed by atoms with Gasteiger partial charge in [-0.2, -0.15) is 0 Å². The first-order chi connectivity index (χ1) is 8.85. The first-order valence-electron chi connectivity index (χ1n) is 6.08. The predicted octanol–water partition coefficient (Wildman–Crippen LogP) is 1.45. The van der Waals surface area contributed by atoms with E-state index in [1.54, 1.807) is 20.0 Å². The van der Waals surface area contributed by atoms with Crippen molar-refractivity contribution >= 4 is 17.7 Å². The summed E-state index contributed by atoms with van der Waals surface area (Å²) in [5, 5.41) is 14.5. The molecule has 6 nitrogen and oxygen atoms in total. The molecule has 0 aliphatic carbocycles. The monoisotopic (exact) mass is 265 g/mol. The van der Waals surface area contributed by atoms with E-state index in [-0.39, 0.29) is 17.4 Å². The van der Waals surface area contributed by atoms with Crippen molar-refractivity contribution in [1.29, 1.82) is 0 Å². The molecule has 0 bridgehead atoms. The summed E-state index contributed by atoms with van der Waals surface area (Å²) in [6, 6.07) is 2.48. The third-order valence-corrected chi connectivity index (χ3v) is 2.69. The number of pyridine rings is 1. The zero-order chi connectivity index (χ0) is 14.6. The maximum absolute atomic E-state index is 11.4.